The zero-order valence-corrected chi connectivity index (χ0v) is 15.2. The predicted octanol–water partition coefficient (Wildman–Crippen LogP) is 5.57. The van der Waals surface area contributed by atoms with Crippen LogP contribution >= 0.6 is 31.9 Å². The number of hydrogen-bond acceptors (Lipinski definition) is 0. The smallest absolute Gasteiger partial charge is 0.0189 e. The van der Waals surface area contributed by atoms with Gasteiger partial charge in [-0.3, -0.25) is 0 Å². The average molecular weight is 396 g/mol. The van der Waals surface area contributed by atoms with Crippen LogP contribution in [0.3, 0.4) is 0 Å². The Bertz CT molecular complexity index is 571. The zero-order valence-electron chi connectivity index (χ0n) is 12.0. The van der Waals surface area contributed by atoms with Gasteiger partial charge in [0.25, 0.3) is 0 Å². The van der Waals surface area contributed by atoms with Gasteiger partial charge in [-0.1, -0.05) is 86.0 Å². The maximum atomic E-state index is 3.75. The molecule has 2 aromatic carbocycles. The summed E-state index contributed by atoms with van der Waals surface area (Å²) < 4.78 is 0. The number of rotatable bonds is 5. The Morgan fingerprint density at radius 3 is 2.20 bits per heavy atom. The number of hydrogen-bond donors (Lipinski definition) is 0. The van der Waals surface area contributed by atoms with E-state index in [0.29, 0.717) is 0 Å². The van der Waals surface area contributed by atoms with E-state index in [-0.39, 0.29) is 5.41 Å². The molecule has 0 aliphatic carbocycles. The first kappa shape index (κ1) is 15.8. The Morgan fingerprint density at radius 2 is 1.60 bits per heavy atom. The highest BCUT2D eigenvalue weighted by Crippen LogP contribution is 2.34. The maximum Gasteiger partial charge on any atom is 0.0189 e. The van der Waals surface area contributed by atoms with Gasteiger partial charge in [0, 0.05) is 16.1 Å². The van der Waals surface area contributed by atoms with Crippen LogP contribution in [0, 0.1) is 13.8 Å². The van der Waals surface area contributed by atoms with Crippen LogP contribution in [0.25, 0.3) is 0 Å². The van der Waals surface area contributed by atoms with Gasteiger partial charge in [0.15, 0.2) is 0 Å². The van der Waals surface area contributed by atoms with Crippen molar-refractivity contribution in [2.45, 2.75) is 25.7 Å². The van der Waals surface area contributed by atoms with Gasteiger partial charge in [-0.05, 0) is 37.0 Å². The summed E-state index contributed by atoms with van der Waals surface area (Å²) in [4.78, 5) is 0. The summed E-state index contributed by atoms with van der Waals surface area (Å²) in [7, 11) is 0. The Labute approximate surface area is 138 Å². The second kappa shape index (κ2) is 6.91. The van der Waals surface area contributed by atoms with E-state index in [0.717, 1.165) is 17.1 Å². The summed E-state index contributed by atoms with van der Waals surface area (Å²) in [5.41, 5.74) is 5.60. The zero-order chi connectivity index (χ0) is 14.6. The van der Waals surface area contributed by atoms with E-state index in [2.05, 4.69) is 94.2 Å². The summed E-state index contributed by atoms with van der Waals surface area (Å²) >= 11 is 7.50. The van der Waals surface area contributed by atoms with Crippen molar-refractivity contribution in [1.29, 1.82) is 0 Å². The van der Waals surface area contributed by atoms with E-state index in [4.69, 9.17) is 0 Å². The molecule has 0 saturated carbocycles. The van der Waals surface area contributed by atoms with Crippen molar-refractivity contribution < 1.29 is 0 Å². The second-order valence-corrected chi connectivity index (χ2v) is 6.65. The highest BCUT2D eigenvalue weighted by atomic mass is 79.9. The molecule has 0 nitrogen and oxygen atoms in total. The molecule has 0 aliphatic rings. The number of aryl methyl sites for hydroxylation is 2. The van der Waals surface area contributed by atoms with Crippen LogP contribution in [0.15, 0.2) is 48.5 Å². The number of benzene rings is 2. The van der Waals surface area contributed by atoms with Crippen molar-refractivity contribution in [3.63, 3.8) is 0 Å². The summed E-state index contributed by atoms with van der Waals surface area (Å²) in [6.07, 6.45) is 1.04. The van der Waals surface area contributed by atoms with Crippen molar-refractivity contribution in [2.24, 2.45) is 0 Å². The third kappa shape index (κ3) is 3.35. The molecular formula is C18H20Br2. The van der Waals surface area contributed by atoms with E-state index in [1.807, 2.05) is 0 Å². The first-order chi connectivity index (χ1) is 9.61. The van der Waals surface area contributed by atoms with Crippen LogP contribution < -0.4 is 0 Å². The second-order valence-electron chi connectivity index (χ2n) is 5.53. The SMILES string of the molecule is Cc1cccc(CC(CBr)(CBr)c2ccccc2C)c1. The lowest BCUT2D eigenvalue weighted by Crippen LogP contribution is -2.33. The molecule has 0 saturated heterocycles. The van der Waals surface area contributed by atoms with Crippen LogP contribution in [-0.2, 0) is 11.8 Å². The normalized spacial score (nSPS) is 11.6. The topological polar surface area (TPSA) is 0 Å². The summed E-state index contributed by atoms with van der Waals surface area (Å²) in [6.45, 7) is 4.35. The van der Waals surface area contributed by atoms with Gasteiger partial charge < -0.3 is 0 Å². The Hall–Kier alpha value is -0.600. The highest BCUT2D eigenvalue weighted by molar-refractivity contribution is 9.09. The summed E-state index contributed by atoms with van der Waals surface area (Å²) in [5, 5.41) is 1.90. The number of halogens is 2. The van der Waals surface area contributed by atoms with E-state index in [1.165, 1.54) is 22.3 Å². The molecule has 0 aliphatic heterocycles. The lowest BCUT2D eigenvalue weighted by atomic mass is 9.77. The third-order valence-corrected chi connectivity index (χ3v) is 6.00. The fourth-order valence-corrected chi connectivity index (χ4v) is 4.68. The molecule has 0 spiro atoms. The first-order valence-electron chi connectivity index (χ1n) is 6.85. The van der Waals surface area contributed by atoms with Crippen LogP contribution in [-0.4, -0.2) is 10.7 Å². The van der Waals surface area contributed by atoms with Gasteiger partial charge in [-0.2, -0.15) is 0 Å². The molecule has 2 rings (SSSR count). The minimum absolute atomic E-state index is 0.0964. The van der Waals surface area contributed by atoms with Crippen molar-refractivity contribution in [1.82, 2.24) is 0 Å². The van der Waals surface area contributed by atoms with Gasteiger partial charge in [-0.15, -0.1) is 0 Å². The van der Waals surface area contributed by atoms with Crippen LogP contribution in [0.5, 0.6) is 0 Å². The standard InChI is InChI=1S/C18H20Br2/c1-14-6-5-8-16(10-14)11-18(12-19,13-20)17-9-4-3-7-15(17)2/h3-10H,11-13H2,1-2H3. The fraction of sp³-hybridized carbons (Fsp3) is 0.333. The Kier molecular flexibility index (Phi) is 5.45. The number of alkyl halides is 2. The molecule has 0 amide bonds. The highest BCUT2D eigenvalue weighted by Gasteiger charge is 2.31. The van der Waals surface area contributed by atoms with E-state index in [1.54, 1.807) is 0 Å². The molecule has 0 heterocycles. The molecule has 106 valence electrons. The quantitative estimate of drug-likeness (QED) is 0.580. The van der Waals surface area contributed by atoms with Gasteiger partial charge in [0.2, 0.25) is 0 Å². The van der Waals surface area contributed by atoms with Crippen molar-refractivity contribution in [3.8, 4) is 0 Å². The molecule has 0 fully saturated rings. The van der Waals surface area contributed by atoms with E-state index < -0.39 is 0 Å². The van der Waals surface area contributed by atoms with Crippen LogP contribution in [0.1, 0.15) is 22.3 Å². The van der Waals surface area contributed by atoms with E-state index >= 15 is 0 Å². The van der Waals surface area contributed by atoms with Crippen molar-refractivity contribution in [2.75, 3.05) is 10.7 Å². The lowest BCUT2D eigenvalue weighted by molar-refractivity contribution is 0.547. The first-order valence-corrected chi connectivity index (χ1v) is 9.09. The molecule has 0 N–H and O–H groups in total. The molecule has 0 aromatic heterocycles. The van der Waals surface area contributed by atoms with E-state index in [9.17, 15) is 0 Å². The molecule has 0 radical (unpaired) electrons. The van der Waals surface area contributed by atoms with Crippen LogP contribution in [0.4, 0.5) is 0 Å². The van der Waals surface area contributed by atoms with Gasteiger partial charge >= 0.3 is 0 Å². The summed E-state index contributed by atoms with van der Waals surface area (Å²) in [5.74, 6) is 0. The lowest BCUT2D eigenvalue weighted by Gasteiger charge is -2.32. The van der Waals surface area contributed by atoms with Gasteiger partial charge in [0.1, 0.15) is 0 Å². The molecule has 20 heavy (non-hydrogen) atoms. The molecular weight excluding hydrogens is 376 g/mol. The minimum Gasteiger partial charge on any atom is -0.0918 e. The molecule has 0 atom stereocenters. The summed E-state index contributed by atoms with van der Waals surface area (Å²) in [6, 6.07) is 17.5. The third-order valence-electron chi connectivity index (χ3n) is 3.85. The van der Waals surface area contributed by atoms with Crippen LogP contribution in [0.2, 0.25) is 0 Å². The molecule has 0 bridgehead atoms. The molecule has 0 unspecified atom stereocenters. The van der Waals surface area contributed by atoms with Gasteiger partial charge in [-0.25, -0.2) is 0 Å². The van der Waals surface area contributed by atoms with Crippen molar-refractivity contribution >= 4 is 31.9 Å². The minimum atomic E-state index is 0.0964. The van der Waals surface area contributed by atoms with Gasteiger partial charge in [0.05, 0.1) is 0 Å². The predicted molar refractivity (Wildman–Crippen MR) is 95.3 cm³/mol. The Balaban J connectivity index is 2.42. The Morgan fingerprint density at radius 1 is 0.900 bits per heavy atom. The monoisotopic (exact) mass is 394 g/mol. The molecule has 2 heteroatoms. The fourth-order valence-electron chi connectivity index (χ4n) is 2.75. The molecule has 2 aromatic rings. The van der Waals surface area contributed by atoms with Crippen molar-refractivity contribution in [3.05, 3.63) is 70.8 Å². The largest absolute Gasteiger partial charge is 0.0918 e. The average Bonchev–Trinajstić information content (AvgIpc) is 2.46. The maximum absolute atomic E-state index is 3.75.